The summed E-state index contributed by atoms with van der Waals surface area (Å²) in [6.45, 7) is 3.93. The first-order chi connectivity index (χ1) is 7.89. The van der Waals surface area contributed by atoms with Gasteiger partial charge in [0.25, 0.3) is 0 Å². The smallest absolute Gasteiger partial charge is 0.243 e. The second-order valence-electron chi connectivity index (χ2n) is 4.86. The van der Waals surface area contributed by atoms with Gasteiger partial charge in [-0.2, -0.15) is 4.98 Å². The highest BCUT2D eigenvalue weighted by molar-refractivity contribution is 7.91. The molecule has 0 saturated carbocycles. The largest absolute Gasteiger partial charge is 0.338 e. The van der Waals surface area contributed by atoms with Crippen molar-refractivity contribution in [3.8, 4) is 0 Å². The molecule has 2 atom stereocenters. The van der Waals surface area contributed by atoms with E-state index in [0.29, 0.717) is 18.1 Å². The zero-order valence-corrected chi connectivity index (χ0v) is 10.8. The van der Waals surface area contributed by atoms with Gasteiger partial charge in [-0.05, 0) is 12.3 Å². The molecular weight excluding hydrogens is 242 g/mol. The van der Waals surface area contributed by atoms with Crippen LogP contribution in [0.25, 0.3) is 0 Å². The van der Waals surface area contributed by atoms with Crippen LogP contribution in [0.3, 0.4) is 0 Å². The van der Waals surface area contributed by atoms with Crippen molar-refractivity contribution in [2.75, 3.05) is 11.5 Å². The Morgan fingerprint density at radius 2 is 2.18 bits per heavy atom. The van der Waals surface area contributed by atoms with Crippen LogP contribution in [0.5, 0.6) is 0 Å². The molecule has 0 spiro atoms. The summed E-state index contributed by atoms with van der Waals surface area (Å²) in [5.41, 5.74) is 5.89. The van der Waals surface area contributed by atoms with Crippen molar-refractivity contribution in [1.29, 1.82) is 0 Å². The first-order valence-corrected chi connectivity index (χ1v) is 7.50. The fourth-order valence-corrected chi connectivity index (χ4v) is 3.57. The molecule has 1 aliphatic heterocycles. The van der Waals surface area contributed by atoms with E-state index in [0.717, 1.165) is 0 Å². The zero-order chi connectivity index (χ0) is 12.6. The Morgan fingerprint density at radius 1 is 1.47 bits per heavy atom. The van der Waals surface area contributed by atoms with Crippen LogP contribution in [0.1, 0.15) is 43.9 Å². The number of nitrogens with two attached hydrogens (primary N) is 1. The predicted molar refractivity (Wildman–Crippen MR) is 62.1 cm³/mol. The Balaban J connectivity index is 2.14. The first kappa shape index (κ1) is 12.5. The standard InChI is InChI=1S/C10H17N3O3S/c1-6(2)8(11)10-12-9(13-16-10)7-3-4-17(14,15)5-7/h6-8H,3-5,11H2,1-2H3/t7?,8-/m0/s1. The lowest BCUT2D eigenvalue weighted by molar-refractivity contribution is 0.321. The quantitative estimate of drug-likeness (QED) is 0.854. The average molecular weight is 259 g/mol. The number of hydrogen-bond acceptors (Lipinski definition) is 6. The van der Waals surface area contributed by atoms with Crippen molar-refractivity contribution >= 4 is 9.84 Å². The molecule has 96 valence electrons. The van der Waals surface area contributed by atoms with Gasteiger partial charge in [0.1, 0.15) is 0 Å². The third-order valence-corrected chi connectivity index (χ3v) is 4.83. The number of sulfone groups is 1. The Kier molecular flexibility index (Phi) is 3.22. The van der Waals surface area contributed by atoms with E-state index in [9.17, 15) is 8.42 Å². The summed E-state index contributed by atoms with van der Waals surface area (Å²) < 4.78 is 27.8. The molecule has 0 amide bonds. The van der Waals surface area contributed by atoms with Gasteiger partial charge >= 0.3 is 0 Å². The van der Waals surface area contributed by atoms with Gasteiger partial charge in [0, 0.05) is 5.92 Å². The van der Waals surface area contributed by atoms with Gasteiger partial charge in [0.2, 0.25) is 5.89 Å². The number of aromatic nitrogens is 2. The van der Waals surface area contributed by atoms with E-state index in [2.05, 4.69) is 10.1 Å². The Hall–Kier alpha value is -0.950. The average Bonchev–Trinajstić information content (AvgIpc) is 2.82. The maximum absolute atomic E-state index is 11.4. The summed E-state index contributed by atoms with van der Waals surface area (Å²) in [7, 11) is -2.92. The van der Waals surface area contributed by atoms with E-state index in [1.165, 1.54) is 0 Å². The van der Waals surface area contributed by atoms with Crippen molar-refractivity contribution in [3.05, 3.63) is 11.7 Å². The summed E-state index contributed by atoms with van der Waals surface area (Å²) >= 11 is 0. The molecule has 1 saturated heterocycles. The highest BCUT2D eigenvalue weighted by atomic mass is 32.2. The molecule has 1 aromatic heterocycles. The van der Waals surface area contributed by atoms with Gasteiger partial charge < -0.3 is 10.3 Å². The van der Waals surface area contributed by atoms with E-state index in [1.807, 2.05) is 13.8 Å². The first-order valence-electron chi connectivity index (χ1n) is 5.68. The second-order valence-corrected chi connectivity index (χ2v) is 7.09. The third-order valence-electron chi connectivity index (χ3n) is 3.06. The third kappa shape index (κ3) is 2.66. The lowest BCUT2D eigenvalue weighted by Crippen LogP contribution is -2.17. The molecule has 1 aliphatic rings. The van der Waals surface area contributed by atoms with Crippen LogP contribution >= 0.6 is 0 Å². The molecule has 17 heavy (non-hydrogen) atoms. The summed E-state index contributed by atoms with van der Waals surface area (Å²) in [6, 6.07) is -0.297. The van der Waals surface area contributed by atoms with Crippen molar-refractivity contribution in [2.24, 2.45) is 11.7 Å². The molecule has 2 N–H and O–H groups in total. The highest BCUT2D eigenvalue weighted by Crippen LogP contribution is 2.28. The van der Waals surface area contributed by atoms with Gasteiger partial charge in [-0.25, -0.2) is 8.42 Å². The Morgan fingerprint density at radius 3 is 2.71 bits per heavy atom. The lowest BCUT2D eigenvalue weighted by Gasteiger charge is -2.09. The van der Waals surface area contributed by atoms with Gasteiger partial charge in [-0.3, -0.25) is 0 Å². The van der Waals surface area contributed by atoms with Crippen LogP contribution in [0.4, 0.5) is 0 Å². The minimum atomic E-state index is -2.92. The maximum Gasteiger partial charge on any atom is 0.243 e. The molecule has 1 unspecified atom stereocenters. The molecule has 2 rings (SSSR count). The lowest BCUT2D eigenvalue weighted by atomic mass is 10.1. The van der Waals surface area contributed by atoms with Crippen LogP contribution in [0.2, 0.25) is 0 Å². The van der Waals surface area contributed by atoms with Crippen molar-refractivity contribution < 1.29 is 12.9 Å². The van der Waals surface area contributed by atoms with Crippen LogP contribution < -0.4 is 5.73 Å². The zero-order valence-electron chi connectivity index (χ0n) is 9.96. The van der Waals surface area contributed by atoms with E-state index in [4.69, 9.17) is 10.3 Å². The Bertz CT molecular complexity index is 495. The van der Waals surface area contributed by atoms with Crippen LogP contribution in [0.15, 0.2) is 4.52 Å². The summed E-state index contributed by atoms with van der Waals surface area (Å²) in [4.78, 5) is 4.21. The molecule has 0 aliphatic carbocycles. The van der Waals surface area contributed by atoms with Gasteiger partial charge in [-0.1, -0.05) is 19.0 Å². The van der Waals surface area contributed by atoms with Crippen molar-refractivity contribution in [2.45, 2.75) is 32.2 Å². The predicted octanol–water partition coefficient (Wildman–Crippen LogP) is 0.628. The Labute approximate surface area is 100 Å². The van der Waals surface area contributed by atoms with E-state index >= 15 is 0 Å². The number of hydrogen-bond donors (Lipinski definition) is 1. The van der Waals surface area contributed by atoms with Gasteiger partial charge in [0.05, 0.1) is 17.5 Å². The van der Waals surface area contributed by atoms with Crippen LogP contribution in [-0.4, -0.2) is 30.1 Å². The fourth-order valence-electron chi connectivity index (χ4n) is 1.83. The fraction of sp³-hybridized carbons (Fsp3) is 0.800. The molecule has 2 heterocycles. The molecule has 0 aromatic carbocycles. The van der Waals surface area contributed by atoms with E-state index in [-0.39, 0.29) is 29.4 Å². The summed E-state index contributed by atoms with van der Waals surface area (Å²) in [5.74, 6) is 1.24. The summed E-state index contributed by atoms with van der Waals surface area (Å²) in [6.07, 6.45) is 0.568. The maximum atomic E-state index is 11.4. The van der Waals surface area contributed by atoms with Crippen LogP contribution in [-0.2, 0) is 9.84 Å². The van der Waals surface area contributed by atoms with Crippen LogP contribution in [0, 0.1) is 5.92 Å². The van der Waals surface area contributed by atoms with Crippen molar-refractivity contribution in [1.82, 2.24) is 10.1 Å². The van der Waals surface area contributed by atoms with E-state index in [1.54, 1.807) is 0 Å². The molecule has 1 fully saturated rings. The normalized spacial score (nSPS) is 25.3. The molecule has 0 bridgehead atoms. The molecular formula is C10H17N3O3S. The summed E-state index contributed by atoms with van der Waals surface area (Å²) in [5, 5.41) is 3.84. The number of rotatable bonds is 3. The molecule has 0 radical (unpaired) electrons. The second kappa shape index (κ2) is 4.38. The van der Waals surface area contributed by atoms with Gasteiger partial charge in [0.15, 0.2) is 15.7 Å². The topological polar surface area (TPSA) is 99.1 Å². The molecule has 6 nitrogen and oxygen atoms in total. The molecule has 1 aromatic rings. The SMILES string of the molecule is CC(C)[C@H](N)c1nc(C2CCS(=O)(=O)C2)no1. The highest BCUT2D eigenvalue weighted by Gasteiger charge is 2.33. The van der Waals surface area contributed by atoms with Crippen molar-refractivity contribution in [3.63, 3.8) is 0 Å². The monoisotopic (exact) mass is 259 g/mol. The number of nitrogens with zero attached hydrogens (tertiary/aromatic N) is 2. The molecule has 7 heteroatoms. The minimum absolute atomic E-state index is 0.114. The van der Waals surface area contributed by atoms with Gasteiger partial charge in [-0.15, -0.1) is 0 Å². The van der Waals surface area contributed by atoms with E-state index < -0.39 is 9.84 Å². The minimum Gasteiger partial charge on any atom is -0.338 e.